The van der Waals surface area contributed by atoms with E-state index in [1.807, 2.05) is 0 Å². The third-order valence-corrected chi connectivity index (χ3v) is 3.63. The third kappa shape index (κ3) is 8.15. The lowest BCUT2D eigenvalue weighted by Gasteiger charge is -2.12. The molecule has 0 aromatic heterocycles. The summed E-state index contributed by atoms with van der Waals surface area (Å²) in [6.07, 6.45) is 1.90. The molecule has 0 aliphatic heterocycles. The van der Waals surface area contributed by atoms with Crippen molar-refractivity contribution in [2.24, 2.45) is 5.92 Å². The maximum absolute atomic E-state index is 10.5. The van der Waals surface area contributed by atoms with E-state index in [2.05, 4.69) is 12.2 Å². The normalized spacial score (nSPS) is 12.1. The van der Waals surface area contributed by atoms with Gasteiger partial charge in [-0.25, -0.2) is 0 Å². The standard InChI is InChI=1S/C15H21Cl2NO3/c1-11(2-5-15(19)20)6-7-18-8-9-21-14-4-3-12(16)10-13(14)17/h3-4,10-11,18H,2,5-9H2,1H3,(H,19,20). The zero-order valence-corrected chi connectivity index (χ0v) is 13.6. The molecule has 0 fully saturated rings. The van der Waals surface area contributed by atoms with Crippen molar-refractivity contribution in [2.75, 3.05) is 19.7 Å². The van der Waals surface area contributed by atoms with E-state index in [-0.39, 0.29) is 6.42 Å². The molecule has 0 saturated carbocycles. The van der Waals surface area contributed by atoms with E-state index in [0.29, 0.717) is 41.3 Å². The summed E-state index contributed by atoms with van der Waals surface area (Å²) in [6.45, 7) is 4.14. The van der Waals surface area contributed by atoms with Gasteiger partial charge < -0.3 is 15.2 Å². The summed E-state index contributed by atoms with van der Waals surface area (Å²) in [5.41, 5.74) is 0. The predicted octanol–water partition coefficient (Wildman–Crippen LogP) is 3.85. The van der Waals surface area contributed by atoms with Gasteiger partial charge in [-0.05, 0) is 43.5 Å². The number of hydrogen-bond acceptors (Lipinski definition) is 3. The van der Waals surface area contributed by atoms with Crippen LogP contribution in [0, 0.1) is 5.92 Å². The van der Waals surface area contributed by atoms with Crippen molar-refractivity contribution in [3.05, 3.63) is 28.2 Å². The number of halogens is 2. The molecule has 6 heteroatoms. The Kier molecular flexibility index (Phi) is 8.50. The first-order chi connectivity index (χ1) is 9.99. The predicted molar refractivity (Wildman–Crippen MR) is 85.5 cm³/mol. The van der Waals surface area contributed by atoms with Crippen LogP contribution in [0.25, 0.3) is 0 Å². The van der Waals surface area contributed by atoms with Crippen molar-refractivity contribution < 1.29 is 14.6 Å². The lowest BCUT2D eigenvalue weighted by atomic mass is 10.0. The Hall–Kier alpha value is -0.970. The maximum atomic E-state index is 10.5. The molecular weight excluding hydrogens is 313 g/mol. The van der Waals surface area contributed by atoms with Gasteiger partial charge in [-0.2, -0.15) is 0 Å². The molecule has 0 amide bonds. The van der Waals surface area contributed by atoms with Crippen LogP contribution in [0.4, 0.5) is 0 Å². The summed E-state index contributed by atoms with van der Waals surface area (Å²) in [5, 5.41) is 13.0. The van der Waals surface area contributed by atoms with Crippen LogP contribution in [0.2, 0.25) is 10.0 Å². The Morgan fingerprint density at radius 1 is 1.33 bits per heavy atom. The van der Waals surface area contributed by atoms with E-state index >= 15 is 0 Å². The molecule has 0 bridgehead atoms. The van der Waals surface area contributed by atoms with Crippen molar-refractivity contribution in [2.45, 2.75) is 26.2 Å². The van der Waals surface area contributed by atoms with Gasteiger partial charge in [0.15, 0.2) is 0 Å². The summed E-state index contributed by atoms with van der Waals surface area (Å²) in [5.74, 6) is 0.293. The van der Waals surface area contributed by atoms with Crippen molar-refractivity contribution in [1.82, 2.24) is 5.32 Å². The zero-order valence-electron chi connectivity index (χ0n) is 12.1. The van der Waals surface area contributed by atoms with Crippen LogP contribution < -0.4 is 10.1 Å². The Balaban J connectivity index is 2.08. The molecule has 0 heterocycles. The molecule has 1 aromatic carbocycles. The number of aliphatic carboxylic acids is 1. The van der Waals surface area contributed by atoms with Crippen LogP contribution in [0.1, 0.15) is 26.2 Å². The van der Waals surface area contributed by atoms with E-state index in [4.69, 9.17) is 33.0 Å². The fourth-order valence-electron chi connectivity index (χ4n) is 1.81. The van der Waals surface area contributed by atoms with Gasteiger partial charge in [0.2, 0.25) is 0 Å². The van der Waals surface area contributed by atoms with Crippen LogP contribution >= 0.6 is 23.2 Å². The highest BCUT2D eigenvalue weighted by molar-refractivity contribution is 6.35. The third-order valence-electron chi connectivity index (χ3n) is 3.10. The molecule has 0 aliphatic carbocycles. The van der Waals surface area contributed by atoms with Gasteiger partial charge in [0.1, 0.15) is 12.4 Å². The molecular formula is C15H21Cl2NO3. The molecule has 4 nitrogen and oxygen atoms in total. The van der Waals surface area contributed by atoms with Gasteiger partial charge in [-0.15, -0.1) is 0 Å². The molecule has 0 saturated heterocycles. The van der Waals surface area contributed by atoms with E-state index in [0.717, 1.165) is 13.0 Å². The molecule has 0 spiro atoms. The maximum Gasteiger partial charge on any atom is 0.303 e. The highest BCUT2D eigenvalue weighted by Crippen LogP contribution is 2.27. The Morgan fingerprint density at radius 3 is 2.76 bits per heavy atom. The highest BCUT2D eigenvalue weighted by Gasteiger charge is 2.05. The van der Waals surface area contributed by atoms with Gasteiger partial charge in [-0.3, -0.25) is 4.79 Å². The number of carbonyl (C=O) groups is 1. The minimum atomic E-state index is -0.733. The lowest BCUT2D eigenvalue weighted by Crippen LogP contribution is -2.23. The minimum absolute atomic E-state index is 0.235. The Labute approximate surface area is 135 Å². The zero-order chi connectivity index (χ0) is 15.7. The molecule has 1 aromatic rings. The van der Waals surface area contributed by atoms with Crippen molar-refractivity contribution in [3.8, 4) is 5.75 Å². The SMILES string of the molecule is CC(CCNCCOc1ccc(Cl)cc1Cl)CCC(=O)O. The molecule has 118 valence electrons. The molecule has 21 heavy (non-hydrogen) atoms. The number of nitrogens with one attached hydrogen (secondary N) is 1. The molecule has 0 aliphatic rings. The van der Waals surface area contributed by atoms with Crippen molar-refractivity contribution in [3.63, 3.8) is 0 Å². The van der Waals surface area contributed by atoms with Crippen LogP contribution in [0.5, 0.6) is 5.75 Å². The van der Waals surface area contributed by atoms with Gasteiger partial charge in [0, 0.05) is 18.0 Å². The molecule has 1 unspecified atom stereocenters. The second-order valence-corrected chi connectivity index (χ2v) is 5.84. The van der Waals surface area contributed by atoms with Crippen LogP contribution in [0.15, 0.2) is 18.2 Å². The number of carboxylic acid groups (broad SMARTS) is 1. The first kappa shape index (κ1) is 18.1. The van der Waals surface area contributed by atoms with E-state index in [1.165, 1.54) is 0 Å². The molecule has 0 radical (unpaired) electrons. The average molecular weight is 334 g/mol. The minimum Gasteiger partial charge on any atom is -0.491 e. The van der Waals surface area contributed by atoms with Crippen molar-refractivity contribution >= 4 is 29.2 Å². The Bertz CT molecular complexity index is 455. The fourth-order valence-corrected chi connectivity index (χ4v) is 2.28. The number of ether oxygens (including phenoxy) is 1. The summed E-state index contributed by atoms with van der Waals surface area (Å²) < 4.78 is 5.55. The van der Waals surface area contributed by atoms with Gasteiger partial charge >= 0.3 is 5.97 Å². The fraction of sp³-hybridized carbons (Fsp3) is 0.533. The van der Waals surface area contributed by atoms with Gasteiger partial charge in [0.05, 0.1) is 5.02 Å². The van der Waals surface area contributed by atoms with E-state index < -0.39 is 5.97 Å². The summed E-state index contributed by atoms with van der Waals surface area (Å²) in [4.78, 5) is 10.5. The van der Waals surface area contributed by atoms with Crippen LogP contribution in [0.3, 0.4) is 0 Å². The highest BCUT2D eigenvalue weighted by atomic mass is 35.5. The smallest absolute Gasteiger partial charge is 0.303 e. The van der Waals surface area contributed by atoms with Crippen LogP contribution in [-0.4, -0.2) is 30.8 Å². The summed E-state index contributed by atoms with van der Waals surface area (Å²) >= 11 is 11.8. The first-order valence-electron chi connectivity index (χ1n) is 6.99. The largest absolute Gasteiger partial charge is 0.491 e. The second kappa shape index (κ2) is 9.87. The summed E-state index contributed by atoms with van der Waals surface area (Å²) in [7, 11) is 0. The van der Waals surface area contributed by atoms with E-state index in [9.17, 15) is 4.79 Å². The van der Waals surface area contributed by atoms with E-state index in [1.54, 1.807) is 18.2 Å². The number of hydrogen-bond donors (Lipinski definition) is 2. The van der Waals surface area contributed by atoms with Gasteiger partial charge in [0.25, 0.3) is 0 Å². The molecule has 2 N–H and O–H groups in total. The van der Waals surface area contributed by atoms with Gasteiger partial charge in [-0.1, -0.05) is 30.1 Å². The molecule has 1 atom stereocenters. The number of rotatable bonds is 10. The topological polar surface area (TPSA) is 58.6 Å². The monoisotopic (exact) mass is 333 g/mol. The second-order valence-electron chi connectivity index (χ2n) is 5.00. The quantitative estimate of drug-likeness (QED) is 0.638. The number of carboxylic acids is 1. The average Bonchev–Trinajstić information content (AvgIpc) is 2.42. The first-order valence-corrected chi connectivity index (χ1v) is 7.75. The summed E-state index contributed by atoms with van der Waals surface area (Å²) in [6, 6.07) is 5.13. The molecule has 1 rings (SSSR count). The van der Waals surface area contributed by atoms with Crippen LogP contribution in [-0.2, 0) is 4.79 Å². The van der Waals surface area contributed by atoms with Crippen molar-refractivity contribution in [1.29, 1.82) is 0 Å². The number of benzene rings is 1. The lowest BCUT2D eigenvalue weighted by molar-refractivity contribution is -0.137. The Morgan fingerprint density at radius 2 is 2.10 bits per heavy atom.